The first-order valence-corrected chi connectivity index (χ1v) is 8.91. The Balaban J connectivity index is 1.86. The molecule has 1 aromatic carbocycles. The molecule has 1 aromatic rings. The summed E-state index contributed by atoms with van der Waals surface area (Å²) in [5, 5.41) is 12.3. The van der Waals surface area contributed by atoms with E-state index in [1.807, 2.05) is 0 Å². The fraction of sp³-hybridized carbons (Fsp3) is 0.526. The lowest BCUT2D eigenvalue weighted by Gasteiger charge is -2.39. The molecule has 7 heteroatoms. The zero-order valence-electron chi connectivity index (χ0n) is 15.3. The monoisotopic (exact) mass is 361 g/mol. The minimum atomic E-state index is -0.716. The summed E-state index contributed by atoms with van der Waals surface area (Å²) in [4.78, 5) is 26.9. The molecule has 26 heavy (non-hydrogen) atoms. The van der Waals surface area contributed by atoms with Crippen LogP contribution in [-0.4, -0.2) is 49.4 Å². The van der Waals surface area contributed by atoms with Gasteiger partial charge in [-0.1, -0.05) is 19.3 Å². The summed E-state index contributed by atoms with van der Waals surface area (Å²) in [6, 6.07) is 7.86. The van der Waals surface area contributed by atoms with Gasteiger partial charge in [-0.25, -0.2) is 4.39 Å². The molecule has 0 spiro atoms. The lowest BCUT2D eigenvalue weighted by molar-refractivity contribution is -0.862. The molecule has 1 fully saturated rings. The van der Waals surface area contributed by atoms with Crippen molar-refractivity contribution in [2.24, 2.45) is 0 Å². The summed E-state index contributed by atoms with van der Waals surface area (Å²) in [7, 11) is 3.44. The first kappa shape index (κ1) is 19.9. The fourth-order valence-corrected chi connectivity index (χ4v) is 3.35. The van der Waals surface area contributed by atoms with Crippen molar-refractivity contribution in [3.05, 3.63) is 30.1 Å². The third-order valence-electron chi connectivity index (χ3n) is 4.95. The Morgan fingerprint density at radius 1 is 1.23 bits per heavy atom. The van der Waals surface area contributed by atoms with Gasteiger partial charge in [-0.15, -0.1) is 0 Å². The highest BCUT2D eigenvalue weighted by atomic mass is 19.1. The Morgan fingerprint density at radius 3 is 2.42 bits per heavy atom. The molecular weight excluding hydrogens is 335 g/mol. The molecule has 0 saturated heterocycles. The van der Waals surface area contributed by atoms with Crippen LogP contribution in [0.5, 0.6) is 0 Å². The topological polar surface area (TPSA) is 77.6 Å². The van der Waals surface area contributed by atoms with Gasteiger partial charge < -0.3 is 15.1 Å². The smallest absolute Gasteiger partial charge is 0.279 e. The third kappa shape index (κ3) is 5.02. The van der Waals surface area contributed by atoms with Gasteiger partial charge in [-0.3, -0.25) is 9.59 Å². The molecule has 140 valence electrons. The summed E-state index contributed by atoms with van der Waals surface area (Å²) in [6.45, 7) is 0.243. The highest BCUT2D eigenvalue weighted by Crippen LogP contribution is 2.32. The largest absolute Gasteiger partial charge is 0.322 e. The van der Waals surface area contributed by atoms with Crippen molar-refractivity contribution in [1.29, 1.82) is 5.26 Å². The molecule has 0 aliphatic heterocycles. The molecule has 1 unspecified atom stereocenters. The van der Waals surface area contributed by atoms with Crippen molar-refractivity contribution in [1.82, 2.24) is 4.90 Å². The van der Waals surface area contributed by atoms with E-state index in [1.165, 1.54) is 24.3 Å². The first-order chi connectivity index (χ1) is 12.4. The van der Waals surface area contributed by atoms with Gasteiger partial charge >= 0.3 is 0 Å². The molecule has 2 N–H and O–H groups in total. The van der Waals surface area contributed by atoms with Gasteiger partial charge in [0.25, 0.3) is 11.8 Å². The molecule has 1 saturated carbocycles. The molecule has 0 heterocycles. The van der Waals surface area contributed by atoms with Crippen LogP contribution in [0.25, 0.3) is 0 Å². The molecule has 2 amide bonds. The quantitative estimate of drug-likeness (QED) is 0.792. The lowest BCUT2D eigenvalue weighted by Crippen LogP contribution is -3.11. The number of rotatable bonds is 6. The van der Waals surface area contributed by atoms with Crippen molar-refractivity contribution in [3.8, 4) is 6.07 Å². The minimum absolute atomic E-state index is 0.108. The average Bonchev–Trinajstić information content (AvgIpc) is 2.63. The zero-order valence-corrected chi connectivity index (χ0v) is 15.3. The second kappa shape index (κ2) is 8.77. The number of quaternary nitrogens is 1. The number of benzene rings is 1. The molecule has 6 nitrogen and oxygen atoms in total. The van der Waals surface area contributed by atoms with Crippen LogP contribution in [0.1, 0.15) is 32.1 Å². The Bertz CT molecular complexity index is 678. The summed E-state index contributed by atoms with van der Waals surface area (Å²) in [5.41, 5.74) is -0.204. The van der Waals surface area contributed by atoms with Crippen molar-refractivity contribution in [2.45, 2.75) is 37.6 Å². The van der Waals surface area contributed by atoms with Gasteiger partial charge in [0.1, 0.15) is 11.4 Å². The van der Waals surface area contributed by atoms with Gasteiger partial charge in [0.05, 0.1) is 13.1 Å². The van der Waals surface area contributed by atoms with E-state index in [9.17, 15) is 19.2 Å². The van der Waals surface area contributed by atoms with Crippen molar-refractivity contribution in [2.75, 3.05) is 32.5 Å². The van der Waals surface area contributed by atoms with Crippen LogP contribution in [0.4, 0.5) is 10.1 Å². The fourth-order valence-electron chi connectivity index (χ4n) is 3.35. The number of likely N-dealkylation sites (N-methyl/N-ethyl adjacent to an activating group) is 2. The van der Waals surface area contributed by atoms with Crippen molar-refractivity contribution in [3.63, 3.8) is 0 Å². The number of amides is 2. The summed E-state index contributed by atoms with van der Waals surface area (Å²) in [5.74, 6) is -0.758. The van der Waals surface area contributed by atoms with Crippen LogP contribution in [0.15, 0.2) is 24.3 Å². The van der Waals surface area contributed by atoms with Gasteiger partial charge in [0, 0.05) is 12.7 Å². The predicted octanol–water partition coefficient (Wildman–Crippen LogP) is 0.964. The van der Waals surface area contributed by atoms with E-state index < -0.39 is 5.54 Å². The second-order valence-corrected chi connectivity index (χ2v) is 7.02. The standard InChI is InChI=1S/C19H25FN4O2/c1-23(12-17(25)22-16-8-6-15(20)7-9-16)13-18(26)24(2)19(14-21)10-4-3-5-11-19/h6-9H,3-5,10-13H2,1-2H3,(H,22,25)/p+1. The predicted molar refractivity (Wildman–Crippen MR) is 95.8 cm³/mol. The Kier molecular flexibility index (Phi) is 6.70. The highest BCUT2D eigenvalue weighted by molar-refractivity contribution is 5.91. The molecule has 0 bridgehead atoms. The SMILES string of the molecule is CN(C(=O)C[NH+](C)CC(=O)Nc1ccc(F)cc1)C1(C#N)CCCCC1. The molecule has 0 radical (unpaired) electrons. The maximum absolute atomic E-state index is 12.9. The second-order valence-electron chi connectivity index (χ2n) is 7.02. The van der Waals surface area contributed by atoms with Crippen molar-refractivity contribution < 1.29 is 18.9 Å². The van der Waals surface area contributed by atoms with Gasteiger partial charge in [0.15, 0.2) is 13.1 Å². The van der Waals surface area contributed by atoms with E-state index in [2.05, 4.69) is 11.4 Å². The average molecular weight is 361 g/mol. The third-order valence-corrected chi connectivity index (χ3v) is 4.95. The maximum Gasteiger partial charge on any atom is 0.279 e. The molecular formula is C19H26FN4O2+. The van der Waals surface area contributed by atoms with Crippen LogP contribution in [-0.2, 0) is 9.59 Å². The minimum Gasteiger partial charge on any atom is -0.322 e. The summed E-state index contributed by atoms with van der Waals surface area (Å²) >= 11 is 0. The van der Waals surface area contributed by atoms with E-state index in [0.717, 1.165) is 24.2 Å². The van der Waals surface area contributed by atoms with E-state index in [-0.39, 0.29) is 30.7 Å². The number of anilines is 1. The van der Waals surface area contributed by atoms with Crippen molar-refractivity contribution >= 4 is 17.5 Å². The number of carbonyl (C=O) groups is 2. The maximum atomic E-state index is 12.9. The summed E-state index contributed by atoms with van der Waals surface area (Å²) < 4.78 is 12.9. The molecule has 0 aromatic heterocycles. The van der Waals surface area contributed by atoms with Gasteiger partial charge in [-0.2, -0.15) is 5.26 Å². The van der Waals surface area contributed by atoms with Gasteiger partial charge in [-0.05, 0) is 37.1 Å². The molecule has 1 aliphatic carbocycles. The number of nitrogens with zero attached hydrogens (tertiary/aromatic N) is 2. The Hall–Kier alpha value is -2.46. The zero-order chi connectivity index (χ0) is 19.2. The molecule has 2 rings (SSSR count). The van der Waals surface area contributed by atoms with Crippen LogP contribution in [0, 0.1) is 17.1 Å². The van der Waals surface area contributed by atoms with Crippen LogP contribution in [0.3, 0.4) is 0 Å². The number of hydrogen-bond donors (Lipinski definition) is 2. The molecule has 1 aliphatic rings. The Morgan fingerprint density at radius 2 is 1.85 bits per heavy atom. The summed E-state index contributed by atoms with van der Waals surface area (Å²) in [6.07, 6.45) is 4.41. The number of nitrogens with one attached hydrogen (secondary N) is 2. The van der Waals surface area contributed by atoms with E-state index >= 15 is 0 Å². The number of halogens is 1. The van der Waals surface area contributed by atoms with Crippen LogP contribution in [0.2, 0.25) is 0 Å². The number of carbonyl (C=O) groups excluding carboxylic acids is 2. The number of hydrogen-bond acceptors (Lipinski definition) is 3. The van der Waals surface area contributed by atoms with E-state index in [0.29, 0.717) is 18.5 Å². The Labute approximate surface area is 153 Å². The molecule has 1 atom stereocenters. The van der Waals surface area contributed by atoms with Crippen LogP contribution < -0.4 is 10.2 Å². The number of nitriles is 1. The van der Waals surface area contributed by atoms with E-state index in [4.69, 9.17) is 0 Å². The van der Waals surface area contributed by atoms with Gasteiger partial charge in [0.2, 0.25) is 0 Å². The lowest BCUT2D eigenvalue weighted by atomic mass is 9.81. The van der Waals surface area contributed by atoms with Crippen LogP contribution >= 0.6 is 0 Å². The highest BCUT2D eigenvalue weighted by Gasteiger charge is 2.39. The first-order valence-electron chi connectivity index (χ1n) is 8.91. The van der Waals surface area contributed by atoms with E-state index in [1.54, 1.807) is 19.0 Å². The normalized spacial score (nSPS) is 17.0.